The second-order valence-corrected chi connectivity index (χ2v) is 5.50. The third-order valence-corrected chi connectivity index (χ3v) is 3.85. The summed E-state index contributed by atoms with van der Waals surface area (Å²) in [6, 6.07) is 15.8. The van der Waals surface area contributed by atoms with E-state index in [2.05, 4.69) is 4.98 Å². The lowest BCUT2D eigenvalue weighted by Crippen LogP contribution is -2.36. The van der Waals surface area contributed by atoms with Crippen LogP contribution in [0.4, 0.5) is 9.18 Å². The van der Waals surface area contributed by atoms with Crippen LogP contribution in [-0.2, 0) is 13.1 Å². The Bertz CT molecular complexity index is 893. The van der Waals surface area contributed by atoms with Crippen molar-refractivity contribution in [2.24, 2.45) is 0 Å². The molecule has 0 fully saturated rings. The number of rotatable bonds is 2. The van der Waals surface area contributed by atoms with Gasteiger partial charge < -0.3 is 4.74 Å². The first-order valence-electron chi connectivity index (χ1n) is 7.29. The van der Waals surface area contributed by atoms with Gasteiger partial charge in [0.15, 0.2) is 0 Å². The van der Waals surface area contributed by atoms with Crippen molar-refractivity contribution in [1.82, 2.24) is 9.88 Å². The summed E-state index contributed by atoms with van der Waals surface area (Å²) in [5.41, 5.74) is 2.51. The first kappa shape index (κ1) is 13.7. The lowest BCUT2D eigenvalue weighted by atomic mass is 10.1. The molecule has 114 valence electrons. The molecule has 4 nitrogen and oxygen atoms in total. The highest BCUT2D eigenvalue weighted by molar-refractivity contribution is 5.82. The number of nitrogens with zero attached hydrogens (tertiary/aromatic N) is 2. The molecule has 0 bridgehead atoms. The zero-order chi connectivity index (χ0) is 15.8. The van der Waals surface area contributed by atoms with Crippen molar-refractivity contribution in [1.29, 1.82) is 0 Å². The molecule has 2 heterocycles. The quantitative estimate of drug-likeness (QED) is 0.721. The Hall–Kier alpha value is -2.95. The van der Waals surface area contributed by atoms with Crippen LogP contribution in [-0.4, -0.2) is 16.0 Å². The number of hydrogen-bond acceptors (Lipinski definition) is 3. The van der Waals surface area contributed by atoms with Crippen LogP contribution in [0.1, 0.15) is 11.1 Å². The molecule has 5 heteroatoms. The minimum Gasteiger partial charge on any atom is -0.391 e. The summed E-state index contributed by atoms with van der Waals surface area (Å²) in [5.74, 6) is 0.0695. The molecule has 3 aromatic rings. The Balaban J connectivity index is 1.64. The first-order valence-corrected chi connectivity index (χ1v) is 7.29. The topological polar surface area (TPSA) is 42.4 Å². The monoisotopic (exact) mass is 308 g/mol. The summed E-state index contributed by atoms with van der Waals surface area (Å²) in [5, 5.41) is 1.01. The van der Waals surface area contributed by atoms with Gasteiger partial charge in [-0.25, -0.2) is 14.2 Å². The first-order chi connectivity index (χ1) is 11.2. The number of para-hydroxylation sites is 1. The fourth-order valence-electron chi connectivity index (χ4n) is 2.69. The van der Waals surface area contributed by atoms with Gasteiger partial charge in [-0.1, -0.05) is 30.3 Å². The van der Waals surface area contributed by atoms with Gasteiger partial charge in [-0.2, -0.15) is 0 Å². The minimum atomic E-state index is -0.440. The molecule has 0 saturated carbocycles. The minimum absolute atomic E-state index is 0.295. The number of aromatic nitrogens is 1. The average Bonchev–Trinajstić information content (AvgIpc) is 2.56. The molecular weight excluding hydrogens is 295 g/mol. The Labute approximate surface area is 132 Å². The van der Waals surface area contributed by atoms with Crippen LogP contribution < -0.4 is 4.74 Å². The molecule has 4 rings (SSSR count). The summed E-state index contributed by atoms with van der Waals surface area (Å²) in [7, 11) is 0. The smallest absolute Gasteiger partial charge is 0.391 e. The van der Waals surface area contributed by atoms with Crippen LogP contribution in [0.5, 0.6) is 5.88 Å². The second kappa shape index (κ2) is 5.35. The van der Waals surface area contributed by atoms with E-state index in [-0.39, 0.29) is 5.82 Å². The van der Waals surface area contributed by atoms with Gasteiger partial charge in [0.1, 0.15) is 5.82 Å². The number of pyridine rings is 1. The van der Waals surface area contributed by atoms with Crippen molar-refractivity contribution in [3.8, 4) is 5.88 Å². The van der Waals surface area contributed by atoms with E-state index in [1.807, 2.05) is 30.3 Å². The molecule has 1 amide bonds. The van der Waals surface area contributed by atoms with E-state index >= 15 is 0 Å². The predicted molar refractivity (Wildman–Crippen MR) is 83.4 cm³/mol. The van der Waals surface area contributed by atoms with Crippen molar-refractivity contribution in [3.63, 3.8) is 0 Å². The lowest BCUT2D eigenvalue weighted by molar-refractivity contribution is 0.133. The van der Waals surface area contributed by atoms with Crippen molar-refractivity contribution < 1.29 is 13.9 Å². The molecule has 0 saturated heterocycles. The summed E-state index contributed by atoms with van der Waals surface area (Å²) in [6.45, 7) is 0.786. The highest BCUT2D eigenvalue weighted by Crippen LogP contribution is 2.28. The zero-order valence-electron chi connectivity index (χ0n) is 12.2. The van der Waals surface area contributed by atoms with Gasteiger partial charge in [0.25, 0.3) is 0 Å². The Morgan fingerprint density at radius 3 is 2.74 bits per heavy atom. The van der Waals surface area contributed by atoms with Gasteiger partial charge >= 0.3 is 6.09 Å². The van der Waals surface area contributed by atoms with Crippen LogP contribution in [0.3, 0.4) is 0 Å². The van der Waals surface area contributed by atoms with Crippen LogP contribution in [0.25, 0.3) is 10.9 Å². The molecule has 2 aromatic carbocycles. The number of benzene rings is 2. The lowest BCUT2D eigenvalue weighted by Gasteiger charge is -2.27. The van der Waals surface area contributed by atoms with Crippen molar-refractivity contribution in [2.75, 3.05) is 0 Å². The predicted octanol–water partition coefficient (Wildman–Crippen LogP) is 3.89. The third kappa shape index (κ3) is 2.61. The SMILES string of the molecule is O=C1Oc2nc3ccccc3cc2CN1Cc1ccc(F)cc1. The largest absolute Gasteiger partial charge is 0.417 e. The van der Waals surface area contributed by atoms with Gasteiger partial charge in [0, 0.05) is 17.5 Å². The van der Waals surface area contributed by atoms with Gasteiger partial charge in [-0.3, -0.25) is 4.90 Å². The summed E-state index contributed by atoms with van der Waals surface area (Å²) in [6.07, 6.45) is -0.440. The average molecular weight is 308 g/mol. The van der Waals surface area contributed by atoms with Crippen LogP contribution >= 0.6 is 0 Å². The van der Waals surface area contributed by atoms with Crippen molar-refractivity contribution in [2.45, 2.75) is 13.1 Å². The molecule has 0 atom stereocenters. The Kier molecular flexibility index (Phi) is 3.19. The van der Waals surface area contributed by atoms with Crippen molar-refractivity contribution in [3.05, 3.63) is 71.5 Å². The highest BCUT2D eigenvalue weighted by Gasteiger charge is 2.26. The maximum atomic E-state index is 13.0. The Morgan fingerprint density at radius 1 is 1.13 bits per heavy atom. The standard InChI is InChI=1S/C18H13FN2O2/c19-15-7-5-12(6-8-15)10-21-11-14-9-13-3-1-2-4-16(13)20-17(14)23-18(21)22/h1-9H,10-11H2. The fraction of sp³-hybridized carbons (Fsp3) is 0.111. The zero-order valence-corrected chi connectivity index (χ0v) is 12.2. The van der Waals surface area contributed by atoms with Gasteiger partial charge in [-0.15, -0.1) is 0 Å². The van der Waals surface area contributed by atoms with Crippen LogP contribution in [0.15, 0.2) is 54.6 Å². The molecule has 23 heavy (non-hydrogen) atoms. The summed E-state index contributed by atoms with van der Waals surface area (Å²) >= 11 is 0. The van der Waals surface area contributed by atoms with E-state index in [0.717, 1.165) is 22.0 Å². The molecule has 1 aliphatic rings. The number of ether oxygens (including phenoxy) is 1. The van der Waals surface area contributed by atoms with Gasteiger partial charge in [0.2, 0.25) is 5.88 Å². The highest BCUT2D eigenvalue weighted by atomic mass is 19.1. The fourth-order valence-corrected chi connectivity index (χ4v) is 2.69. The third-order valence-electron chi connectivity index (χ3n) is 3.85. The van der Waals surface area contributed by atoms with Crippen LogP contribution in [0.2, 0.25) is 0 Å². The number of fused-ring (bicyclic) bond motifs is 2. The molecule has 0 unspecified atom stereocenters. The number of carbonyl (C=O) groups is 1. The normalized spacial score (nSPS) is 13.8. The molecular formula is C18H13FN2O2. The maximum Gasteiger partial charge on any atom is 0.417 e. The van der Waals surface area contributed by atoms with E-state index in [0.29, 0.717) is 19.0 Å². The Morgan fingerprint density at radius 2 is 1.91 bits per heavy atom. The summed E-state index contributed by atoms with van der Waals surface area (Å²) in [4.78, 5) is 18.1. The number of hydrogen-bond donors (Lipinski definition) is 0. The molecule has 0 aliphatic carbocycles. The van der Waals surface area contributed by atoms with E-state index < -0.39 is 6.09 Å². The van der Waals surface area contributed by atoms with Gasteiger partial charge in [-0.05, 0) is 29.8 Å². The van der Waals surface area contributed by atoms with Crippen molar-refractivity contribution >= 4 is 17.0 Å². The number of amides is 1. The van der Waals surface area contributed by atoms with E-state index in [1.54, 1.807) is 17.0 Å². The van der Waals surface area contributed by atoms with Crippen LogP contribution in [0, 0.1) is 5.82 Å². The molecule has 0 radical (unpaired) electrons. The van der Waals surface area contributed by atoms with E-state index in [9.17, 15) is 9.18 Å². The molecule has 0 N–H and O–H groups in total. The summed E-state index contributed by atoms with van der Waals surface area (Å²) < 4.78 is 18.3. The number of carbonyl (C=O) groups excluding carboxylic acids is 1. The number of halogens is 1. The molecule has 0 spiro atoms. The second-order valence-electron chi connectivity index (χ2n) is 5.50. The maximum absolute atomic E-state index is 13.0. The van der Waals surface area contributed by atoms with E-state index in [1.165, 1.54) is 12.1 Å². The van der Waals surface area contributed by atoms with Gasteiger partial charge in [0.05, 0.1) is 12.1 Å². The van der Waals surface area contributed by atoms with E-state index in [4.69, 9.17) is 4.74 Å². The molecule has 1 aromatic heterocycles. The molecule has 1 aliphatic heterocycles.